The molecule has 3 rings (SSSR count). The summed E-state index contributed by atoms with van der Waals surface area (Å²) in [7, 11) is 0. The van der Waals surface area contributed by atoms with Crippen LogP contribution in [0.1, 0.15) is 49.3 Å². The second-order valence-corrected chi connectivity index (χ2v) is 6.49. The van der Waals surface area contributed by atoms with Crippen LogP contribution in [-0.4, -0.2) is 41.0 Å². The van der Waals surface area contributed by atoms with Crippen LogP contribution in [0.3, 0.4) is 0 Å². The number of carboxylic acid groups (broad SMARTS) is 1. The van der Waals surface area contributed by atoms with E-state index < -0.39 is 12.0 Å². The first-order valence-electron chi connectivity index (χ1n) is 8.49. The number of carbonyl (C=O) groups is 2. The Balaban J connectivity index is 1.53. The van der Waals surface area contributed by atoms with Crippen molar-refractivity contribution >= 4 is 11.9 Å². The molecule has 1 amide bonds. The summed E-state index contributed by atoms with van der Waals surface area (Å²) in [6.45, 7) is 1.30. The van der Waals surface area contributed by atoms with Crippen molar-refractivity contribution in [2.24, 2.45) is 0 Å². The average Bonchev–Trinajstić information content (AvgIpc) is 3.02. The molecule has 5 heteroatoms. The minimum Gasteiger partial charge on any atom is -0.480 e. The SMILES string of the molecule is O=C(CCN1CCC[C@H]1C(=O)O)N[C@H]1CCCc2ccccc21. The van der Waals surface area contributed by atoms with Crippen molar-refractivity contribution in [2.45, 2.75) is 50.6 Å². The number of carbonyl (C=O) groups excluding carboxylic acids is 1. The number of carboxylic acids is 1. The Morgan fingerprint density at radius 1 is 1.22 bits per heavy atom. The molecule has 124 valence electrons. The van der Waals surface area contributed by atoms with Crippen molar-refractivity contribution < 1.29 is 14.7 Å². The summed E-state index contributed by atoms with van der Waals surface area (Å²) in [5.41, 5.74) is 2.56. The molecule has 1 saturated heterocycles. The van der Waals surface area contributed by atoms with Crippen LogP contribution in [0.5, 0.6) is 0 Å². The van der Waals surface area contributed by atoms with Gasteiger partial charge in [-0.2, -0.15) is 0 Å². The number of likely N-dealkylation sites (tertiary alicyclic amines) is 1. The number of aliphatic carboxylic acids is 1. The highest BCUT2D eigenvalue weighted by Crippen LogP contribution is 2.29. The number of nitrogens with zero attached hydrogens (tertiary/aromatic N) is 1. The van der Waals surface area contributed by atoms with Crippen molar-refractivity contribution in [3.8, 4) is 0 Å². The van der Waals surface area contributed by atoms with Crippen LogP contribution in [0.4, 0.5) is 0 Å². The van der Waals surface area contributed by atoms with Crippen molar-refractivity contribution in [3.63, 3.8) is 0 Å². The predicted molar refractivity (Wildman–Crippen MR) is 87.1 cm³/mol. The largest absolute Gasteiger partial charge is 0.480 e. The van der Waals surface area contributed by atoms with Gasteiger partial charge >= 0.3 is 5.97 Å². The lowest BCUT2D eigenvalue weighted by Crippen LogP contribution is -2.39. The highest BCUT2D eigenvalue weighted by atomic mass is 16.4. The molecule has 0 aromatic heterocycles. The molecule has 2 aliphatic rings. The monoisotopic (exact) mass is 316 g/mol. The molecule has 1 aliphatic heterocycles. The third-order valence-corrected chi connectivity index (χ3v) is 4.98. The molecule has 0 bridgehead atoms. The van der Waals surface area contributed by atoms with Gasteiger partial charge in [0.25, 0.3) is 0 Å². The number of amides is 1. The lowest BCUT2D eigenvalue weighted by atomic mass is 9.87. The van der Waals surface area contributed by atoms with Gasteiger partial charge in [0.05, 0.1) is 6.04 Å². The zero-order valence-electron chi connectivity index (χ0n) is 13.3. The summed E-state index contributed by atoms with van der Waals surface area (Å²) in [6, 6.07) is 7.97. The van der Waals surface area contributed by atoms with E-state index in [0.717, 1.165) is 32.2 Å². The van der Waals surface area contributed by atoms with Crippen LogP contribution in [0.25, 0.3) is 0 Å². The first kappa shape index (κ1) is 16.0. The van der Waals surface area contributed by atoms with Crippen LogP contribution in [0, 0.1) is 0 Å². The zero-order chi connectivity index (χ0) is 16.2. The molecule has 1 aliphatic carbocycles. The van der Waals surface area contributed by atoms with Gasteiger partial charge in [0.1, 0.15) is 6.04 Å². The molecule has 2 N–H and O–H groups in total. The number of hydrogen-bond donors (Lipinski definition) is 2. The van der Waals surface area contributed by atoms with Gasteiger partial charge in [0, 0.05) is 13.0 Å². The van der Waals surface area contributed by atoms with Gasteiger partial charge in [-0.1, -0.05) is 24.3 Å². The predicted octanol–water partition coefficient (Wildman–Crippen LogP) is 2.12. The standard InChI is InChI=1S/C18H24N2O3/c21-17(10-12-20-11-4-9-16(20)18(22)23)19-15-8-3-6-13-5-1-2-7-14(13)15/h1-2,5,7,15-16H,3-4,6,8-12H2,(H,19,21)(H,22,23)/t15-,16-/m0/s1. The fraction of sp³-hybridized carbons (Fsp3) is 0.556. The lowest BCUT2D eigenvalue weighted by molar-refractivity contribution is -0.142. The summed E-state index contributed by atoms with van der Waals surface area (Å²) in [6.07, 6.45) is 5.10. The van der Waals surface area contributed by atoms with E-state index in [4.69, 9.17) is 0 Å². The van der Waals surface area contributed by atoms with Gasteiger partial charge in [0.2, 0.25) is 5.91 Å². The molecule has 23 heavy (non-hydrogen) atoms. The topological polar surface area (TPSA) is 69.6 Å². The van der Waals surface area contributed by atoms with Crippen molar-refractivity contribution in [1.82, 2.24) is 10.2 Å². The van der Waals surface area contributed by atoms with Gasteiger partial charge in [-0.25, -0.2) is 0 Å². The van der Waals surface area contributed by atoms with E-state index in [2.05, 4.69) is 17.4 Å². The van der Waals surface area contributed by atoms with Crippen LogP contribution >= 0.6 is 0 Å². The van der Waals surface area contributed by atoms with E-state index in [1.54, 1.807) is 0 Å². The smallest absolute Gasteiger partial charge is 0.320 e. The lowest BCUT2D eigenvalue weighted by Gasteiger charge is -2.27. The third kappa shape index (κ3) is 3.72. The third-order valence-electron chi connectivity index (χ3n) is 4.98. The van der Waals surface area contributed by atoms with Crippen LogP contribution in [0.15, 0.2) is 24.3 Å². The quantitative estimate of drug-likeness (QED) is 0.873. The molecule has 0 unspecified atom stereocenters. The molecule has 1 aromatic rings. The van der Waals surface area contributed by atoms with Gasteiger partial charge in [0.15, 0.2) is 0 Å². The molecular formula is C18H24N2O3. The second-order valence-electron chi connectivity index (χ2n) is 6.49. The minimum atomic E-state index is -0.774. The molecule has 5 nitrogen and oxygen atoms in total. The molecule has 0 saturated carbocycles. The zero-order valence-corrected chi connectivity index (χ0v) is 13.3. The molecule has 1 aromatic carbocycles. The van der Waals surface area contributed by atoms with E-state index in [-0.39, 0.29) is 11.9 Å². The number of hydrogen-bond acceptors (Lipinski definition) is 3. The van der Waals surface area contributed by atoms with E-state index >= 15 is 0 Å². The fourth-order valence-electron chi connectivity index (χ4n) is 3.79. The molecule has 2 atom stereocenters. The van der Waals surface area contributed by atoms with Gasteiger partial charge in [-0.05, 0) is 49.8 Å². The summed E-state index contributed by atoms with van der Waals surface area (Å²) in [4.78, 5) is 25.4. The van der Waals surface area contributed by atoms with Gasteiger partial charge in [-0.3, -0.25) is 14.5 Å². The minimum absolute atomic E-state index is 0.0164. The second kappa shape index (κ2) is 7.13. The Kier molecular flexibility index (Phi) is 4.96. The van der Waals surface area contributed by atoms with Crippen LogP contribution < -0.4 is 5.32 Å². The number of fused-ring (bicyclic) bond motifs is 1. The Labute approximate surface area is 136 Å². The van der Waals surface area contributed by atoms with Crippen molar-refractivity contribution in [3.05, 3.63) is 35.4 Å². The van der Waals surface area contributed by atoms with Crippen LogP contribution in [-0.2, 0) is 16.0 Å². The normalized spacial score (nSPS) is 24.2. The van der Waals surface area contributed by atoms with Gasteiger partial charge in [-0.15, -0.1) is 0 Å². The molecule has 1 heterocycles. The van der Waals surface area contributed by atoms with Gasteiger partial charge < -0.3 is 10.4 Å². The highest BCUT2D eigenvalue weighted by Gasteiger charge is 2.30. The van der Waals surface area contributed by atoms with Crippen LogP contribution in [0.2, 0.25) is 0 Å². The van der Waals surface area contributed by atoms with E-state index in [1.807, 2.05) is 17.0 Å². The van der Waals surface area contributed by atoms with E-state index in [1.165, 1.54) is 11.1 Å². The maximum atomic E-state index is 12.3. The number of benzene rings is 1. The maximum absolute atomic E-state index is 12.3. The van der Waals surface area contributed by atoms with Crippen molar-refractivity contribution in [2.75, 3.05) is 13.1 Å². The molecule has 0 radical (unpaired) electrons. The summed E-state index contributed by atoms with van der Waals surface area (Å²) in [5, 5.41) is 12.3. The number of aryl methyl sites for hydroxylation is 1. The summed E-state index contributed by atoms with van der Waals surface area (Å²) >= 11 is 0. The average molecular weight is 316 g/mol. The summed E-state index contributed by atoms with van der Waals surface area (Å²) < 4.78 is 0. The molecular weight excluding hydrogens is 292 g/mol. The summed E-state index contributed by atoms with van der Waals surface area (Å²) in [5.74, 6) is -0.758. The van der Waals surface area contributed by atoms with E-state index in [0.29, 0.717) is 19.4 Å². The molecule has 1 fully saturated rings. The first-order valence-corrected chi connectivity index (χ1v) is 8.49. The number of rotatable bonds is 5. The van der Waals surface area contributed by atoms with Crippen molar-refractivity contribution in [1.29, 1.82) is 0 Å². The first-order chi connectivity index (χ1) is 11.1. The van der Waals surface area contributed by atoms with E-state index in [9.17, 15) is 14.7 Å². The Bertz CT molecular complexity index is 587. The number of nitrogens with one attached hydrogen (secondary N) is 1. The molecule has 0 spiro atoms. The Morgan fingerprint density at radius 3 is 2.87 bits per heavy atom. The Morgan fingerprint density at radius 2 is 2.04 bits per heavy atom. The Hall–Kier alpha value is -1.88. The highest BCUT2D eigenvalue weighted by molar-refractivity contribution is 5.77. The fourth-order valence-corrected chi connectivity index (χ4v) is 3.79. The maximum Gasteiger partial charge on any atom is 0.320 e.